The minimum atomic E-state index is -0.0548. The molecule has 0 spiro atoms. The van der Waals surface area contributed by atoms with Gasteiger partial charge in [0, 0.05) is 41.6 Å². The molecule has 36 heavy (non-hydrogen) atoms. The zero-order valence-corrected chi connectivity index (χ0v) is 21.9. The topological polar surface area (TPSA) is 81.6 Å². The second-order valence-corrected chi connectivity index (χ2v) is 9.98. The lowest BCUT2D eigenvalue weighted by molar-refractivity contribution is -0.118. The number of fused-ring (bicyclic) bond motifs is 1. The molecule has 7 nitrogen and oxygen atoms in total. The van der Waals surface area contributed by atoms with Gasteiger partial charge >= 0.3 is 0 Å². The summed E-state index contributed by atoms with van der Waals surface area (Å²) < 4.78 is 12.7. The third-order valence-electron chi connectivity index (χ3n) is 5.68. The van der Waals surface area contributed by atoms with E-state index in [0.717, 1.165) is 21.4 Å². The number of para-hydroxylation sites is 1. The van der Waals surface area contributed by atoms with Gasteiger partial charge in [0.05, 0.1) is 24.8 Å². The smallest absolute Gasteiger partial charge is 0.261 e. The zero-order valence-electron chi connectivity index (χ0n) is 20.3. The number of methoxy groups -OCH3 is 2. The Morgan fingerprint density at radius 3 is 2.58 bits per heavy atom. The number of rotatable bonds is 12. The second kappa shape index (κ2) is 12.5. The van der Waals surface area contributed by atoms with Crippen LogP contribution in [0.15, 0.2) is 71.1 Å². The van der Waals surface area contributed by atoms with Gasteiger partial charge in [0.15, 0.2) is 11.5 Å². The number of thiophene rings is 1. The molecule has 2 aromatic heterocycles. The maximum Gasteiger partial charge on any atom is 0.261 e. The van der Waals surface area contributed by atoms with Gasteiger partial charge in [-0.3, -0.25) is 9.59 Å². The molecule has 0 saturated carbocycles. The molecular formula is C27H29N3O4S2. The first-order valence-corrected chi connectivity index (χ1v) is 13.5. The fraction of sp³-hybridized carbons (Fsp3) is 0.259. The van der Waals surface area contributed by atoms with Crippen LogP contribution in [-0.4, -0.2) is 49.4 Å². The summed E-state index contributed by atoms with van der Waals surface area (Å²) in [5, 5.41) is 8.97. The van der Waals surface area contributed by atoms with Crippen LogP contribution >= 0.6 is 23.1 Å². The lowest BCUT2D eigenvalue weighted by Crippen LogP contribution is -2.27. The van der Waals surface area contributed by atoms with Crippen molar-refractivity contribution in [1.29, 1.82) is 0 Å². The van der Waals surface area contributed by atoms with E-state index in [1.807, 2.05) is 47.8 Å². The lowest BCUT2D eigenvalue weighted by Gasteiger charge is -2.10. The first-order valence-electron chi connectivity index (χ1n) is 11.6. The number of carbonyl (C=O) groups excluding carboxylic acids is 2. The molecule has 0 saturated heterocycles. The molecule has 0 unspecified atom stereocenters. The molecule has 0 atom stereocenters. The van der Waals surface area contributed by atoms with E-state index in [1.54, 1.807) is 14.2 Å². The number of thioether (sulfide) groups is 1. The van der Waals surface area contributed by atoms with Gasteiger partial charge in [-0.15, -0.1) is 23.1 Å². The molecule has 0 bridgehead atoms. The van der Waals surface area contributed by atoms with E-state index in [0.29, 0.717) is 48.2 Å². The highest BCUT2D eigenvalue weighted by Gasteiger charge is 2.12. The van der Waals surface area contributed by atoms with Gasteiger partial charge in [0.1, 0.15) is 0 Å². The minimum Gasteiger partial charge on any atom is -0.493 e. The van der Waals surface area contributed by atoms with E-state index < -0.39 is 0 Å². The molecule has 2 amide bonds. The van der Waals surface area contributed by atoms with E-state index in [1.165, 1.54) is 23.1 Å². The third kappa shape index (κ3) is 6.41. The van der Waals surface area contributed by atoms with E-state index in [9.17, 15) is 9.59 Å². The third-order valence-corrected chi connectivity index (χ3v) is 7.59. The Morgan fingerprint density at radius 1 is 0.972 bits per heavy atom. The Bertz CT molecular complexity index is 1320. The Balaban J connectivity index is 1.29. The molecule has 2 heterocycles. The highest BCUT2D eigenvalue weighted by atomic mass is 32.2. The van der Waals surface area contributed by atoms with Crippen LogP contribution in [0.25, 0.3) is 10.9 Å². The maximum absolute atomic E-state index is 12.5. The minimum absolute atomic E-state index is 0.0134. The van der Waals surface area contributed by atoms with Crippen molar-refractivity contribution in [2.45, 2.75) is 17.9 Å². The van der Waals surface area contributed by atoms with E-state index >= 15 is 0 Å². The first kappa shape index (κ1) is 25.7. The van der Waals surface area contributed by atoms with Crippen LogP contribution in [0.4, 0.5) is 0 Å². The van der Waals surface area contributed by atoms with Crippen molar-refractivity contribution in [3.8, 4) is 11.5 Å². The van der Waals surface area contributed by atoms with Crippen molar-refractivity contribution in [2.75, 3.05) is 33.1 Å². The number of hydrogen-bond acceptors (Lipinski definition) is 6. The number of nitrogens with one attached hydrogen (secondary N) is 2. The quantitative estimate of drug-likeness (QED) is 0.265. The summed E-state index contributed by atoms with van der Waals surface area (Å²) in [7, 11) is 3.22. The zero-order chi connectivity index (χ0) is 25.3. The summed E-state index contributed by atoms with van der Waals surface area (Å²) in [6.07, 6.45) is 2.76. The van der Waals surface area contributed by atoms with Gasteiger partial charge in [-0.2, -0.15) is 0 Å². The molecule has 4 rings (SSSR count). The standard InChI is InChI=1S/C27H29N3O4S2/c1-33-22-10-9-19(16-23(22)34-2)11-12-28-26(31)18-36-25-17-30(21-7-4-3-6-20(21)25)14-13-29-27(32)24-8-5-15-35-24/h3-10,15-17H,11-14,18H2,1-2H3,(H,28,31)(H,29,32). The van der Waals surface area contributed by atoms with E-state index in [2.05, 4.69) is 33.5 Å². The van der Waals surface area contributed by atoms with Crippen LogP contribution in [0.3, 0.4) is 0 Å². The van der Waals surface area contributed by atoms with Crippen LogP contribution in [0, 0.1) is 0 Å². The summed E-state index contributed by atoms with van der Waals surface area (Å²) >= 11 is 2.95. The fourth-order valence-corrected chi connectivity index (χ4v) is 5.43. The molecule has 0 aliphatic rings. The number of carbonyl (C=O) groups is 2. The number of nitrogens with zero attached hydrogens (tertiary/aromatic N) is 1. The van der Waals surface area contributed by atoms with Crippen LogP contribution in [0.5, 0.6) is 11.5 Å². The van der Waals surface area contributed by atoms with E-state index in [4.69, 9.17) is 9.47 Å². The van der Waals surface area contributed by atoms with Gasteiger partial charge in [-0.05, 0) is 41.6 Å². The van der Waals surface area contributed by atoms with Gasteiger partial charge in [0.25, 0.3) is 5.91 Å². The van der Waals surface area contributed by atoms with Gasteiger partial charge < -0.3 is 24.7 Å². The van der Waals surface area contributed by atoms with Crippen molar-refractivity contribution in [3.63, 3.8) is 0 Å². The molecule has 0 radical (unpaired) electrons. The second-order valence-electron chi connectivity index (χ2n) is 8.02. The molecule has 2 N–H and O–H groups in total. The van der Waals surface area contributed by atoms with Crippen molar-refractivity contribution >= 4 is 45.8 Å². The highest BCUT2D eigenvalue weighted by Crippen LogP contribution is 2.30. The molecule has 0 fully saturated rings. The average molecular weight is 524 g/mol. The molecule has 188 valence electrons. The van der Waals surface area contributed by atoms with Crippen molar-refractivity contribution in [3.05, 3.63) is 76.6 Å². The number of hydrogen-bond donors (Lipinski definition) is 2. The molecule has 0 aliphatic carbocycles. The first-order chi connectivity index (χ1) is 17.6. The summed E-state index contributed by atoms with van der Waals surface area (Å²) in [5.74, 6) is 1.63. The summed E-state index contributed by atoms with van der Waals surface area (Å²) in [5.41, 5.74) is 2.15. The highest BCUT2D eigenvalue weighted by molar-refractivity contribution is 8.00. The van der Waals surface area contributed by atoms with E-state index in [-0.39, 0.29) is 11.8 Å². The Labute approximate surface area is 218 Å². The van der Waals surface area contributed by atoms with Gasteiger partial charge in [-0.25, -0.2) is 0 Å². The Hall–Kier alpha value is -3.43. The molecular weight excluding hydrogens is 494 g/mol. The lowest BCUT2D eigenvalue weighted by atomic mass is 10.1. The Morgan fingerprint density at radius 2 is 1.81 bits per heavy atom. The molecule has 0 aliphatic heterocycles. The fourth-order valence-electron chi connectivity index (χ4n) is 3.87. The maximum atomic E-state index is 12.5. The van der Waals surface area contributed by atoms with Crippen molar-refractivity contribution in [1.82, 2.24) is 15.2 Å². The van der Waals surface area contributed by atoms with Gasteiger partial charge in [0.2, 0.25) is 5.91 Å². The van der Waals surface area contributed by atoms with Crippen LogP contribution in [0.2, 0.25) is 0 Å². The normalized spacial score (nSPS) is 10.8. The predicted octanol–water partition coefficient (Wildman–Crippen LogP) is 4.60. The number of aromatic nitrogens is 1. The van der Waals surface area contributed by atoms with Crippen molar-refractivity contribution in [2.24, 2.45) is 0 Å². The van der Waals surface area contributed by atoms with Gasteiger partial charge in [-0.1, -0.05) is 30.3 Å². The molecule has 4 aromatic rings. The average Bonchev–Trinajstić information content (AvgIpc) is 3.56. The SMILES string of the molecule is COc1ccc(CCNC(=O)CSc2cn(CCNC(=O)c3cccs3)c3ccccc23)cc1OC. The summed E-state index contributed by atoms with van der Waals surface area (Å²) in [4.78, 5) is 26.5. The van der Waals surface area contributed by atoms with Crippen LogP contribution in [0.1, 0.15) is 15.2 Å². The summed E-state index contributed by atoms with van der Waals surface area (Å²) in [6.45, 7) is 1.71. The Kier molecular flexibility index (Phi) is 8.91. The van der Waals surface area contributed by atoms with Crippen LogP contribution in [-0.2, 0) is 17.8 Å². The molecule has 2 aromatic carbocycles. The number of amides is 2. The monoisotopic (exact) mass is 523 g/mol. The number of ether oxygens (including phenoxy) is 2. The molecule has 9 heteroatoms. The van der Waals surface area contributed by atoms with Crippen molar-refractivity contribution < 1.29 is 19.1 Å². The number of benzene rings is 2. The summed E-state index contributed by atoms with van der Waals surface area (Å²) in [6, 6.07) is 17.6. The largest absolute Gasteiger partial charge is 0.493 e. The predicted molar refractivity (Wildman–Crippen MR) is 146 cm³/mol. The van der Waals surface area contributed by atoms with Crippen LogP contribution < -0.4 is 20.1 Å².